The summed E-state index contributed by atoms with van der Waals surface area (Å²) in [5.41, 5.74) is 2.59. The maximum Gasteiger partial charge on any atom is 0.355 e. The fourth-order valence-electron chi connectivity index (χ4n) is 2.02. The fraction of sp³-hybridized carbons (Fsp3) is 0.200. The average Bonchev–Trinajstić information content (AvgIpc) is 2.74. The van der Waals surface area contributed by atoms with Crippen LogP contribution < -0.4 is 0 Å². The van der Waals surface area contributed by atoms with Crippen molar-refractivity contribution in [2.45, 2.75) is 13.8 Å². The third kappa shape index (κ3) is 2.71. The van der Waals surface area contributed by atoms with Crippen LogP contribution in [-0.4, -0.2) is 28.6 Å². The van der Waals surface area contributed by atoms with Crippen molar-refractivity contribution in [3.05, 3.63) is 41.1 Å². The van der Waals surface area contributed by atoms with E-state index in [1.165, 1.54) is 6.08 Å². The number of hydrogen-bond donors (Lipinski definition) is 2. The van der Waals surface area contributed by atoms with Crippen LogP contribution in [0, 0.1) is 6.92 Å². The van der Waals surface area contributed by atoms with Gasteiger partial charge in [0.1, 0.15) is 5.69 Å². The van der Waals surface area contributed by atoms with Gasteiger partial charge in [0, 0.05) is 22.5 Å². The van der Waals surface area contributed by atoms with E-state index in [0.717, 1.165) is 22.5 Å². The van der Waals surface area contributed by atoms with E-state index in [9.17, 15) is 9.59 Å². The number of aromatic amines is 1. The Balaban J connectivity index is 2.63. The summed E-state index contributed by atoms with van der Waals surface area (Å²) in [6.07, 6.45) is 2.42. The summed E-state index contributed by atoms with van der Waals surface area (Å²) in [5.74, 6) is -1.56. The SMILES string of the molecule is CCOC(=O)c1[nH]c2ccc(C)cc2c1/C=C\C(=O)O. The summed E-state index contributed by atoms with van der Waals surface area (Å²) in [5, 5.41) is 9.56. The second-order valence-corrected chi connectivity index (χ2v) is 4.35. The molecule has 20 heavy (non-hydrogen) atoms. The van der Waals surface area contributed by atoms with E-state index < -0.39 is 11.9 Å². The lowest BCUT2D eigenvalue weighted by Crippen LogP contribution is -2.06. The van der Waals surface area contributed by atoms with Crippen LogP contribution in [0.5, 0.6) is 0 Å². The quantitative estimate of drug-likeness (QED) is 0.663. The van der Waals surface area contributed by atoms with Crippen LogP contribution >= 0.6 is 0 Å². The summed E-state index contributed by atoms with van der Waals surface area (Å²) < 4.78 is 4.98. The lowest BCUT2D eigenvalue weighted by Gasteiger charge is -2.00. The summed E-state index contributed by atoms with van der Waals surface area (Å²) >= 11 is 0. The molecule has 1 aromatic heterocycles. The molecular formula is C15H15NO4. The van der Waals surface area contributed by atoms with E-state index in [2.05, 4.69) is 4.98 Å². The number of esters is 1. The standard InChI is InChI=1S/C15H15NO4/c1-3-20-15(19)14-10(5-7-13(17)18)11-8-9(2)4-6-12(11)16-14/h4-8,16H,3H2,1-2H3,(H,17,18)/b7-5-. The molecule has 1 heterocycles. The van der Waals surface area contributed by atoms with Crippen LogP contribution in [0.15, 0.2) is 24.3 Å². The minimum absolute atomic E-state index is 0.259. The molecule has 0 spiro atoms. The number of carbonyl (C=O) groups excluding carboxylic acids is 1. The van der Waals surface area contributed by atoms with Crippen molar-refractivity contribution in [2.24, 2.45) is 0 Å². The van der Waals surface area contributed by atoms with Crippen LogP contribution in [0.2, 0.25) is 0 Å². The zero-order valence-corrected chi connectivity index (χ0v) is 11.3. The Kier molecular flexibility index (Phi) is 3.89. The Hall–Kier alpha value is -2.56. The van der Waals surface area contributed by atoms with E-state index in [1.807, 2.05) is 25.1 Å². The van der Waals surface area contributed by atoms with E-state index >= 15 is 0 Å². The monoisotopic (exact) mass is 273 g/mol. The molecule has 0 amide bonds. The first-order valence-corrected chi connectivity index (χ1v) is 6.23. The topological polar surface area (TPSA) is 79.4 Å². The molecule has 2 rings (SSSR count). The first-order valence-electron chi connectivity index (χ1n) is 6.23. The molecular weight excluding hydrogens is 258 g/mol. The smallest absolute Gasteiger partial charge is 0.355 e. The predicted molar refractivity (Wildman–Crippen MR) is 75.7 cm³/mol. The highest BCUT2D eigenvalue weighted by Crippen LogP contribution is 2.25. The number of ether oxygens (including phenoxy) is 1. The average molecular weight is 273 g/mol. The predicted octanol–water partition coefficient (Wildman–Crippen LogP) is 2.75. The van der Waals surface area contributed by atoms with Gasteiger partial charge >= 0.3 is 11.9 Å². The van der Waals surface area contributed by atoms with Crippen molar-refractivity contribution >= 4 is 28.9 Å². The number of carboxylic acids is 1. The Labute approximate surface area is 115 Å². The van der Waals surface area contributed by atoms with Crippen molar-refractivity contribution in [1.82, 2.24) is 4.98 Å². The zero-order chi connectivity index (χ0) is 14.7. The second-order valence-electron chi connectivity index (χ2n) is 4.35. The van der Waals surface area contributed by atoms with Crippen molar-refractivity contribution in [3.63, 3.8) is 0 Å². The number of hydrogen-bond acceptors (Lipinski definition) is 3. The lowest BCUT2D eigenvalue weighted by atomic mass is 10.1. The number of nitrogens with one attached hydrogen (secondary N) is 1. The summed E-state index contributed by atoms with van der Waals surface area (Å²) in [7, 11) is 0. The Bertz CT molecular complexity index is 697. The first-order chi connectivity index (χ1) is 9.52. The highest BCUT2D eigenvalue weighted by atomic mass is 16.5. The van der Waals surface area contributed by atoms with Gasteiger partial charge in [-0.3, -0.25) is 0 Å². The maximum absolute atomic E-state index is 11.9. The van der Waals surface area contributed by atoms with Gasteiger partial charge in [-0.25, -0.2) is 9.59 Å². The van der Waals surface area contributed by atoms with Crippen LogP contribution in [0.1, 0.15) is 28.5 Å². The number of benzene rings is 1. The minimum Gasteiger partial charge on any atom is -0.478 e. The molecule has 5 heteroatoms. The van der Waals surface area contributed by atoms with Gasteiger partial charge in [-0.15, -0.1) is 0 Å². The molecule has 0 radical (unpaired) electrons. The maximum atomic E-state index is 11.9. The Morgan fingerprint density at radius 2 is 2.15 bits per heavy atom. The molecule has 5 nitrogen and oxygen atoms in total. The van der Waals surface area contributed by atoms with Crippen LogP contribution in [0.25, 0.3) is 17.0 Å². The molecule has 0 aliphatic heterocycles. The van der Waals surface area contributed by atoms with Crippen molar-refractivity contribution in [1.29, 1.82) is 0 Å². The molecule has 0 saturated heterocycles. The van der Waals surface area contributed by atoms with Crippen LogP contribution in [0.4, 0.5) is 0 Å². The van der Waals surface area contributed by atoms with Crippen LogP contribution in [-0.2, 0) is 9.53 Å². The van der Waals surface area contributed by atoms with E-state index in [1.54, 1.807) is 6.92 Å². The fourth-order valence-corrected chi connectivity index (χ4v) is 2.02. The summed E-state index contributed by atoms with van der Waals surface area (Å²) in [4.78, 5) is 25.6. The van der Waals surface area contributed by atoms with Gasteiger partial charge in [0.25, 0.3) is 0 Å². The Morgan fingerprint density at radius 3 is 2.80 bits per heavy atom. The van der Waals surface area contributed by atoms with E-state index in [-0.39, 0.29) is 12.3 Å². The minimum atomic E-state index is -1.07. The highest BCUT2D eigenvalue weighted by molar-refractivity contribution is 6.04. The molecule has 0 aliphatic rings. The van der Waals surface area contributed by atoms with Gasteiger partial charge in [-0.05, 0) is 32.1 Å². The number of rotatable bonds is 4. The molecule has 1 aromatic carbocycles. The molecule has 0 saturated carbocycles. The van der Waals surface area contributed by atoms with Gasteiger partial charge < -0.3 is 14.8 Å². The molecule has 104 valence electrons. The number of aliphatic carboxylic acids is 1. The highest BCUT2D eigenvalue weighted by Gasteiger charge is 2.17. The third-order valence-corrected chi connectivity index (χ3v) is 2.87. The van der Waals surface area contributed by atoms with Gasteiger partial charge in [0.15, 0.2) is 0 Å². The van der Waals surface area contributed by atoms with E-state index in [4.69, 9.17) is 9.84 Å². The van der Waals surface area contributed by atoms with Gasteiger partial charge in [0.2, 0.25) is 0 Å². The zero-order valence-electron chi connectivity index (χ0n) is 11.3. The first kappa shape index (κ1) is 13.9. The number of H-pyrrole nitrogens is 1. The number of carboxylic acid groups (broad SMARTS) is 1. The van der Waals surface area contributed by atoms with Gasteiger partial charge in [0.05, 0.1) is 6.61 Å². The second kappa shape index (κ2) is 5.61. The Morgan fingerprint density at radius 1 is 1.40 bits per heavy atom. The molecule has 2 aromatic rings. The van der Waals surface area contributed by atoms with Crippen molar-refractivity contribution in [2.75, 3.05) is 6.61 Å². The van der Waals surface area contributed by atoms with Crippen LogP contribution in [0.3, 0.4) is 0 Å². The molecule has 0 bridgehead atoms. The third-order valence-electron chi connectivity index (χ3n) is 2.87. The molecule has 0 fully saturated rings. The van der Waals surface area contributed by atoms with E-state index in [0.29, 0.717) is 5.56 Å². The number of aryl methyl sites for hydroxylation is 1. The number of carbonyl (C=O) groups is 2. The van der Waals surface area contributed by atoms with Crippen molar-refractivity contribution in [3.8, 4) is 0 Å². The summed E-state index contributed by atoms with van der Waals surface area (Å²) in [6.45, 7) is 3.91. The van der Waals surface area contributed by atoms with Gasteiger partial charge in [-0.1, -0.05) is 11.6 Å². The molecule has 0 aliphatic carbocycles. The normalized spacial score (nSPS) is 11.1. The number of aromatic nitrogens is 1. The molecule has 0 atom stereocenters. The molecule has 0 unspecified atom stereocenters. The molecule has 2 N–H and O–H groups in total. The summed E-state index contributed by atoms with van der Waals surface area (Å²) in [6, 6.07) is 5.67. The van der Waals surface area contributed by atoms with Crippen molar-refractivity contribution < 1.29 is 19.4 Å². The lowest BCUT2D eigenvalue weighted by molar-refractivity contribution is -0.131. The van der Waals surface area contributed by atoms with Gasteiger partial charge in [-0.2, -0.15) is 0 Å². The number of fused-ring (bicyclic) bond motifs is 1. The largest absolute Gasteiger partial charge is 0.478 e.